The number of hydrogen-bond acceptors (Lipinski definition) is 4. The minimum atomic E-state index is 0.0124. The normalized spacial score (nSPS) is 24.6. The quantitative estimate of drug-likeness (QED) is 0.712. The average molecular weight is 325 g/mol. The van der Waals surface area contributed by atoms with Crippen LogP contribution in [0.4, 0.5) is 0 Å². The molecule has 2 N–H and O–H groups in total. The summed E-state index contributed by atoms with van der Waals surface area (Å²) in [6.45, 7) is 10.7. The van der Waals surface area contributed by atoms with Gasteiger partial charge in [0.15, 0.2) is 0 Å². The van der Waals surface area contributed by atoms with E-state index >= 15 is 0 Å². The first-order valence-corrected chi connectivity index (χ1v) is 9.56. The summed E-state index contributed by atoms with van der Waals surface area (Å²) in [5.41, 5.74) is 0. The fraction of sp³-hybridized carbons (Fsp3) is 0.944. The monoisotopic (exact) mass is 325 g/mol. The summed E-state index contributed by atoms with van der Waals surface area (Å²) >= 11 is 0. The lowest BCUT2D eigenvalue weighted by molar-refractivity contribution is -0.130. The van der Waals surface area contributed by atoms with Gasteiger partial charge in [0.2, 0.25) is 5.91 Å². The number of ether oxygens (including phenoxy) is 1. The molecule has 5 nitrogen and oxygen atoms in total. The molecule has 2 aliphatic rings. The van der Waals surface area contributed by atoms with Crippen molar-refractivity contribution in [1.82, 2.24) is 15.5 Å². The highest BCUT2D eigenvalue weighted by Gasteiger charge is 2.32. The largest absolute Gasteiger partial charge is 0.379 e. The molecule has 2 fully saturated rings. The van der Waals surface area contributed by atoms with Crippen molar-refractivity contribution in [3.8, 4) is 0 Å². The number of nitrogens with one attached hydrogen (secondary N) is 2. The predicted molar refractivity (Wildman–Crippen MR) is 93.5 cm³/mol. The molecule has 2 saturated heterocycles. The van der Waals surface area contributed by atoms with Crippen LogP contribution in [-0.2, 0) is 9.53 Å². The standard InChI is InChI=1S/C18H35N3O2/c1-3-16(4-2)17(21-10-12-23-13-11-21)18(22)20-9-7-15-6-5-8-19-14-15/h15-17,19H,3-14H2,1-2H3,(H,20,22). The van der Waals surface area contributed by atoms with Gasteiger partial charge in [-0.15, -0.1) is 0 Å². The van der Waals surface area contributed by atoms with Crippen molar-refractivity contribution in [3.63, 3.8) is 0 Å². The summed E-state index contributed by atoms with van der Waals surface area (Å²) in [4.78, 5) is 15.2. The number of piperidine rings is 1. The molecule has 0 radical (unpaired) electrons. The van der Waals surface area contributed by atoms with Crippen molar-refractivity contribution in [3.05, 3.63) is 0 Å². The van der Waals surface area contributed by atoms with Crippen LogP contribution in [0.15, 0.2) is 0 Å². The lowest BCUT2D eigenvalue weighted by Crippen LogP contribution is -2.54. The van der Waals surface area contributed by atoms with E-state index < -0.39 is 0 Å². The zero-order chi connectivity index (χ0) is 16.5. The maximum absolute atomic E-state index is 12.8. The Hall–Kier alpha value is -0.650. The molecule has 0 aromatic heterocycles. The maximum atomic E-state index is 12.8. The van der Waals surface area contributed by atoms with E-state index in [2.05, 4.69) is 29.4 Å². The van der Waals surface area contributed by atoms with Crippen LogP contribution >= 0.6 is 0 Å². The van der Waals surface area contributed by atoms with Gasteiger partial charge < -0.3 is 15.4 Å². The molecule has 2 rings (SSSR count). The summed E-state index contributed by atoms with van der Waals surface area (Å²) in [5.74, 6) is 1.38. The van der Waals surface area contributed by atoms with Crippen LogP contribution in [0.1, 0.15) is 46.0 Å². The van der Waals surface area contributed by atoms with Gasteiger partial charge in [0, 0.05) is 19.6 Å². The number of carbonyl (C=O) groups excluding carboxylic acids is 1. The molecule has 0 aromatic carbocycles. The summed E-state index contributed by atoms with van der Waals surface area (Å²) in [6, 6.07) is 0.0124. The predicted octanol–water partition coefficient (Wildman–Crippen LogP) is 1.63. The molecule has 0 aliphatic carbocycles. The summed E-state index contributed by atoms with van der Waals surface area (Å²) < 4.78 is 5.46. The molecule has 0 aromatic rings. The number of carbonyl (C=O) groups is 1. The number of morpholine rings is 1. The first-order valence-electron chi connectivity index (χ1n) is 9.56. The zero-order valence-electron chi connectivity index (χ0n) is 15.0. The lowest BCUT2D eigenvalue weighted by atomic mass is 9.91. The fourth-order valence-corrected chi connectivity index (χ4v) is 3.94. The van der Waals surface area contributed by atoms with Crippen molar-refractivity contribution in [1.29, 1.82) is 0 Å². The molecule has 2 unspecified atom stereocenters. The molecule has 0 saturated carbocycles. The average Bonchev–Trinajstić information content (AvgIpc) is 2.61. The van der Waals surface area contributed by atoms with Crippen LogP contribution in [0.5, 0.6) is 0 Å². The van der Waals surface area contributed by atoms with E-state index in [0.29, 0.717) is 5.92 Å². The third kappa shape index (κ3) is 5.73. The molecule has 0 bridgehead atoms. The number of amides is 1. The Kier molecular flexibility index (Phi) is 8.34. The van der Waals surface area contributed by atoms with E-state index in [4.69, 9.17) is 4.74 Å². The molecule has 0 spiro atoms. The molecular formula is C18H35N3O2. The van der Waals surface area contributed by atoms with Gasteiger partial charge in [0.05, 0.1) is 19.3 Å². The topological polar surface area (TPSA) is 53.6 Å². The van der Waals surface area contributed by atoms with E-state index in [0.717, 1.165) is 71.1 Å². The van der Waals surface area contributed by atoms with Gasteiger partial charge in [-0.1, -0.05) is 26.7 Å². The Morgan fingerprint density at radius 3 is 2.65 bits per heavy atom. The Morgan fingerprint density at radius 2 is 2.04 bits per heavy atom. The van der Waals surface area contributed by atoms with Gasteiger partial charge in [0.1, 0.15) is 0 Å². The molecule has 2 aliphatic heterocycles. The molecule has 5 heteroatoms. The lowest BCUT2D eigenvalue weighted by Gasteiger charge is -2.37. The summed E-state index contributed by atoms with van der Waals surface area (Å²) in [7, 11) is 0. The van der Waals surface area contributed by atoms with Gasteiger partial charge in [0.25, 0.3) is 0 Å². The number of rotatable bonds is 8. The SMILES string of the molecule is CCC(CC)C(C(=O)NCCC1CCCNC1)N1CCOCC1. The van der Waals surface area contributed by atoms with E-state index in [1.165, 1.54) is 12.8 Å². The highest BCUT2D eigenvalue weighted by atomic mass is 16.5. The van der Waals surface area contributed by atoms with Crippen molar-refractivity contribution in [2.24, 2.45) is 11.8 Å². The number of hydrogen-bond donors (Lipinski definition) is 2. The Morgan fingerprint density at radius 1 is 1.30 bits per heavy atom. The summed E-state index contributed by atoms with van der Waals surface area (Å²) in [6.07, 6.45) is 5.76. The van der Waals surface area contributed by atoms with Gasteiger partial charge >= 0.3 is 0 Å². The molecule has 134 valence electrons. The highest BCUT2D eigenvalue weighted by molar-refractivity contribution is 5.82. The van der Waals surface area contributed by atoms with Gasteiger partial charge in [-0.05, 0) is 44.2 Å². The zero-order valence-corrected chi connectivity index (χ0v) is 15.0. The van der Waals surface area contributed by atoms with E-state index in [-0.39, 0.29) is 11.9 Å². The van der Waals surface area contributed by atoms with Gasteiger partial charge in [-0.25, -0.2) is 0 Å². The minimum Gasteiger partial charge on any atom is -0.379 e. The Bertz CT molecular complexity index is 335. The van der Waals surface area contributed by atoms with Crippen LogP contribution in [0.2, 0.25) is 0 Å². The van der Waals surface area contributed by atoms with Crippen molar-refractivity contribution < 1.29 is 9.53 Å². The third-order valence-corrected chi connectivity index (χ3v) is 5.45. The first kappa shape index (κ1) is 18.7. The van der Waals surface area contributed by atoms with E-state index in [1.807, 2.05) is 0 Å². The van der Waals surface area contributed by atoms with Crippen molar-refractivity contribution in [2.45, 2.75) is 52.0 Å². The van der Waals surface area contributed by atoms with Crippen LogP contribution in [0.3, 0.4) is 0 Å². The molecule has 2 atom stereocenters. The second kappa shape index (κ2) is 10.3. The highest BCUT2D eigenvalue weighted by Crippen LogP contribution is 2.20. The smallest absolute Gasteiger partial charge is 0.237 e. The van der Waals surface area contributed by atoms with Crippen LogP contribution < -0.4 is 10.6 Å². The Labute approximate surface area is 141 Å². The molecule has 23 heavy (non-hydrogen) atoms. The third-order valence-electron chi connectivity index (χ3n) is 5.45. The maximum Gasteiger partial charge on any atom is 0.237 e. The Balaban J connectivity index is 1.84. The van der Waals surface area contributed by atoms with Crippen LogP contribution in [-0.4, -0.2) is 62.8 Å². The fourth-order valence-electron chi connectivity index (χ4n) is 3.94. The van der Waals surface area contributed by atoms with Crippen LogP contribution in [0, 0.1) is 11.8 Å². The number of nitrogens with zero attached hydrogens (tertiary/aromatic N) is 1. The second-order valence-corrected chi connectivity index (χ2v) is 6.96. The van der Waals surface area contributed by atoms with E-state index in [9.17, 15) is 4.79 Å². The second-order valence-electron chi connectivity index (χ2n) is 6.96. The van der Waals surface area contributed by atoms with Crippen LogP contribution in [0.25, 0.3) is 0 Å². The molecule has 2 heterocycles. The summed E-state index contributed by atoms with van der Waals surface area (Å²) in [5, 5.41) is 6.68. The van der Waals surface area contributed by atoms with Gasteiger partial charge in [-0.2, -0.15) is 0 Å². The first-order chi connectivity index (χ1) is 11.3. The van der Waals surface area contributed by atoms with Crippen molar-refractivity contribution >= 4 is 5.91 Å². The minimum absolute atomic E-state index is 0.0124. The van der Waals surface area contributed by atoms with Gasteiger partial charge in [-0.3, -0.25) is 9.69 Å². The van der Waals surface area contributed by atoms with E-state index in [1.54, 1.807) is 0 Å². The molecule has 1 amide bonds. The molecular weight excluding hydrogens is 290 g/mol. The van der Waals surface area contributed by atoms with Crippen molar-refractivity contribution in [2.75, 3.05) is 45.9 Å².